The fourth-order valence-corrected chi connectivity index (χ4v) is 7.99. The molecule has 0 radical (unpaired) electrons. The molecule has 1 atom stereocenters. The highest BCUT2D eigenvalue weighted by atomic mass is 32.2. The molecule has 6 rings (SSSR count). The predicted octanol–water partition coefficient (Wildman–Crippen LogP) is 9.13. The molecule has 1 amide bonds. The van der Waals surface area contributed by atoms with E-state index in [0.717, 1.165) is 41.1 Å². The Morgan fingerprint density at radius 2 is 1.74 bits per heavy atom. The van der Waals surface area contributed by atoms with Gasteiger partial charge in [0, 0.05) is 33.6 Å². The Morgan fingerprint density at radius 3 is 2.54 bits per heavy atom. The SMILES string of the molecule is CN1c2ccccc2Sc2cc(C=Nc3sc4c(c3C(=O)Nc3ccccc3)CC[C@H](C(C)(C)C)C4)ccc21. The minimum atomic E-state index is -0.0701. The zero-order chi connectivity index (χ0) is 27.1. The summed E-state index contributed by atoms with van der Waals surface area (Å²) < 4.78 is 0. The van der Waals surface area contributed by atoms with Crippen LogP contribution in [0.3, 0.4) is 0 Å². The van der Waals surface area contributed by atoms with E-state index in [-0.39, 0.29) is 11.3 Å². The molecule has 6 heteroatoms. The van der Waals surface area contributed by atoms with Crippen molar-refractivity contribution in [3.05, 3.63) is 94.4 Å². The Kier molecular flexibility index (Phi) is 6.86. The molecule has 0 unspecified atom stereocenters. The summed E-state index contributed by atoms with van der Waals surface area (Å²) in [5.41, 5.74) is 6.41. The maximum absolute atomic E-state index is 13.6. The Labute approximate surface area is 239 Å². The normalized spacial score (nSPS) is 16.5. The number of carbonyl (C=O) groups excluding carboxylic acids is 1. The number of hydrogen-bond donors (Lipinski definition) is 1. The third kappa shape index (κ3) is 5.15. The third-order valence-corrected chi connectivity index (χ3v) is 10.1. The van der Waals surface area contributed by atoms with Crippen molar-refractivity contribution in [1.82, 2.24) is 0 Å². The van der Waals surface area contributed by atoms with Gasteiger partial charge in [0.2, 0.25) is 0 Å². The molecule has 1 aliphatic carbocycles. The second kappa shape index (κ2) is 10.3. The number of carbonyl (C=O) groups is 1. The van der Waals surface area contributed by atoms with Gasteiger partial charge in [-0.1, -0.05) is 68.9 Å². The van der Waals surface area contributed by atoms with Crippen molar-refractivity contribution in [2.75, 3.05) is 17.3 Å². The van der Waals surface area contributed by atoms with E-state index in [9.17, 15) is 4.79 Å². The van der Waals surface area contributed by atoms with Crippen molar-refractivity contribution in [3.63, 3.8) is 0 Å². The fraction of sp³-hybridized carbons (Fsp3) is 0.273. The lowest BCUT2D eigenvalue weighted by Gasteiger charge is -2.33. The summed E-state index contributed by atoms with van der Waals surface area (Å²) in [5.74, 6) is 0.530. The van der Waals surface area contributed by atoms with E-state index in [1.165, 1.54) is 31.6 Å². The second-order valence-electron chi connectivity index (χ2n) is 11.4. The molecule has 4 aromatic rings. The highest BCUT2D eigenvalue weighted by Gasteiger charge is 2.33. The number of hydrogen-bond acceptors (Lipinski definition) is 5. The Hall–Kier alpha value is -3.35. The van der Waals surface area contributed by atoms with Crippen LogP contribution < -0.4 is 10.2 Å². The molecule has 2 heterocycles. The van der Waals surface area contributed by atoms with Crippen molar-refractivity contribution in [3.8, 4) is 0 Å². The molecule has 1 aromatic heterocycles. The number of nitrogens with zero attached hydrogens (tertiary/aromatic N) is 2. The quantitative estimate of drug-likeness (QED) is 0.257. The molecular weight excluding hydrogens is 519 g/mol. The smallest absolute Gasteiger partial charge is 0.259 e. The van der Waals surface area contributed by atoms with Crippen LogP contribution in [0.1, 0.15) is 53.6 Å². The molecule has 2 aliphatic rings. The Balaban J connectivity index is 1.33. The number of amides is 1. The molecule has 3 aromatic carbocycles. The molecule has 0 fully saturated rings. The average molecular weight is 552 g/mol. The second-order valence-corrected chi connectivity index (χ2v) is 13.6. The van der Waals surface area contributed by atoms with E-state index >= 15 is 0 Å². The first-order valence-corrected chi connectivity index (χ1v) is 15.1. The van der Waals surface area contributed by atoms with Crippen LogP contribution in [0, 0.1) is 11.3 Å². The largest absolute Gasteiger partial charge is 0.343 e. The molecule has 1 aliphatic heterocycles. The van der Waals surface area contributed by atoms with Gasteiger partial charge in [0.25, 0.3) is 5.91 Å². The van der Waals surface area contributed by atoms with Gasteiger partial charge in [-0.05, 0) is 78.1 Å². The van der Waals surface area contributed by atoms with Crippen LogP contribution in [0.2, 0.25) is 0 Å². The first kappa shape index (κ1) is 25.9. The number of thiophene rings is 1. The van der Waals surface area contributed by atoms with Crippen LogP contribution >= 0.6 is 23.1 Å². The van der Waals surface area contributed by atoms with Crippen LogP contribution in [0.4, 0.5) is 22.1 Å². The summed E-state index contributed by atoms with van der Waals surface area (Å²) in [6, 6.07) is 24.6. The van der Waals surface area contributed by atoms with Gasteiger partial charge in [-0.2, -0.15) is 0 Å². The highest BCUT2D eigenvalue weighted by molar-refractivity contribution is 7.99. The topological polar surface area (TPSA) is 44.7 Å². The van der Waals surface area contributed by atoms with Crippen molar-refractivity contribution < 1.29 is 4.79 Å². The lowest BCUT2D eigenvalue weighted by Crippen LogP contribution is -2.27. The van der Waals surface area contributed by atoms with E-state index in [2.05, 4.69) is 80.5 Å². The zero-order valence-corrected chi connectivity index (χ0v) is 24.5. The van der Waals surface area contributed by atoms with Gasteiger partial charge in [0.05, 0.1) is 16.9 Å². The number of benzene rings is 3. The molecule has 1 N–H and O–H groups in total. The fourth-order valence-electron chi connectivity index (χ4n) is 5.52. The van der Waals surface area contributed by atoms with Crippen LogP contribution in [0.25, 0.3) is 0 Å². The van der Waals surface area contributed by atoms with E-state index < -0.39 is 0 Å². The van der Waals surface area contributed by atoms with Crippen LogP contribution in [-0.4, -0.2) is 19.2 Å². The predicted molar refractivity (Wildman–Crippen MR) is 166 cm³/mol. The van der Waals surface area contributed by atoms with Gasteiger partial charge in [-0.3, -0.25) is 4.79 Å². The number of para-hydroxylation sites is 2. The number of rotatable bonds is 4. The van der Waals surface area contributed by atoms with Gasteiger partial charge < -0.3 is 10.2 Å². The average Bonchev–Trinajstić information content (AvgIpc) is 3.30. The van der Waals surface area contributed by atoms with Crippen LogP contribution in [0.5, 0.6) is 0 Å². The summed E-state index contributed by atoms with van der Waals surface area (Å²) in [4.78, 5) is 24.6. The number of aliphatic imine (C=N–C) groups is 1. The Morgan fingerprint density at radius 1 is 1.00 bits per heavy atom. The molecule has 198 valence electrons. The molecule has 0 saturated carbocycles. The van der Waals surface area contributed by atoms with Crippen molar-refractivity contribution in [2.24, 2.45) is 16.3 Å². The monoisotopic (exact) mass is 551 g/mol. The van der Waals surface area contributed by atoms with Gasteiger partial charge in [0.15, 0.2) is 0 Å². The van der Waals surface area contributed by atoms with Crippen molar-refractivity contribution in [1.29, 1.82) is 0 Å². The summed E-state index contributed by atoms with van der Waals surface area (Å²) >= 11 is 3.48. The third-order valence-electron chi connectivity index (χ3n) is 7.85. The van der Waals surface area contributed by atoms with E-state index in [4.69, 9.17) is 4.99 Å². The molecule has 0 bridgehead atoms. The maximum Gasteiger partial charge on any atom is 0.259 e. The number of nitrogens with one attached hydrogen (secondary N) is 1. The lowest BCUT2D eigenvalue weighted by atomic mass is 9.72. The molecular formula is C33H33N3OS2. The van der Waals surface area contributed by atoms with E-state index in [1.54, 1.807) is 23.1 Å². The van der Waals surface area contributed by atoms with Gasteiger partial charge in [-0.15, -0.1) is 11.3 Å². The van der Waals surface area contributed by atoms with Crippen molar-refractivity contribution >= 4 is 57.3 Å². The van der Waals surface area contributed by atoms with Gasteiger partial charge in [-0.25, -0.2) is 4.99 Å². The maximum atomic E-state index is 13.6. The first-order chi connectivity index (χ1) is 18.8. The minimum absolute atomic E-state index is 0.0701. The van der Waals surface area contributed by atoms with Crippen LogP contribution in [0.15, 0.2) is 87.6 Å². The standard InChI is InChI=1S/C33H33N3OS2/c1-33(2,3)22-15-16-24-28(19-22)39-32(30(24)31(37)35-23-10-6-5-7-11-23)34-20-21-14-17-26-29(18-21)38-27-13-9-8-12-25(27)36(26)4/h5-14,17-18,20,22H,15-16,19H2,1-4H3,(H,35,37)/t22-/m0/s1. The number of fused-ring (bicyclic) bond motifs is 3. The number of anilines is 3. The van der Waals surface area contributed by atoms with E-state index in [1.807, 2.05) is 36.5 Å². The van der Waals surface area contributed by atoms with Gasteiger partial charge in [0.1, 0.15) is 5.00 Å². The summed E-state index contributed by atoms with van der Waals surface area (Å²) in [7, 11) is 2.11. The first-order valence-electron chi connectivity index (χ1n) is 13.5. The van der Waals surface area contributed by atoms with Crippen molar-refractivity contribution in [2.45, 2.75) is 49.8 Å². The molecule has 39 heavy (non-hydrogen) atoms. The van der Waals surface area contributed by atoms with Gasteiger partial charge >= 0.3 is 0 Å². The lowest BCUT2D eigenvalue weighted by molar-refractivity contribution is 0.102. The zero-order valence-electron chi connectivity index (χ0n) is 22.8. The summed E-state index contributed by atoms with van der Waals surface area (Å²) in [6.07, 6.45) is 4.94. The highest BCUT2D eigenvalue weighted by Crippen LogP contribution is 2.48. The van der Waals surface area contributed by atoms with Crippen LogP contribution in [-0.2, 0) is 12.8 Å². The summed E-state index contributed by atoms with van der Waals surface area (Å²) in [6.45, 7) is 6.97. The minimum Gasteiger partial charge on any atom is -0.343 e. The van der Waals surface area contributed by atoms with E-state index in [0.29, 0.717) is 5.92 Å². The molecule has 4 nitrogen and oxygen atoms in total. The summed E-state index contributed by atoms with van der Waals surface area (Å²) in [5, 5.41) is 3.92. The molecule has 0 spiro atoms. The molecule has 0 saturated heterocycles. The Bertz CT molecular complexity index is 1570.